The highest BCUT2D eigenvalue weighted by atomic mass is 79.9. The highest BCUT2D eigenvalue weighted by Gasteiger charge is 2.21. The quantitative estimate of drug-likeness (QED) is 0.540. The number of anilines is 1. The van der Waals surface area contributed by atoms with E-state index in [1.54, 1.807) is 0 Å². The van der Waals surface area contributed by atoms with Crippen LogP contribution in [0.15, 0.2) is 22.7 Å². The van der Waals surface area contributed by atoms with Crippen LogP contribution < -0.4 is 10.6 Å². The standard InChI is InChI=1S/C19H27BrFN3O2/c1-13-9-14(2)12-24(11-13)8-4-3-7-22-18(25)19(26)23-17-6-5-15(21)10-16(17)20/h5-6,10,13-14H,3-4,7-9,11-12H2,1-2H3,(H,22,25)(H,23,26). The van der Waals surface area contributed by atoms with E-state index in [1.807, 2.05) is 0 Å². The Hall–Kier alpha value is -1.47. The van der Waals surface area contributed by atoms with Crippen molar-refractivity contribution in [1.82, 2.24) is 10.2 Å². The number of carbonyl (C=O) groups excluding carboxylic acids is 2. The highest BCUT2D eigenvalue weighted by molar-refractivity contribution is 9.10. The molecule has 0 bridgehead atoms. The molecule has 0 radical (unpaired) electrons. The number of carbonyl (C=O) groups is 2. The van der Waals surface area contributed by atoms with Crippen LogP contribution in [0.25, 0.3) is 0 Å². The number of benzene rings is 1. The molecule has 26 heavy (non-hydrogen) atoms. The first-order chi connectivity index (χ1) is 12.3. The molecule has 5 nitrogen and oxygen atoms in total. The number of likely N-dealkylation sites (tertiary alicyclic amines) is 1. The summed E-state index contributed by atoms with van der Waals surface area (Å²) in [6.45, 7) is 8.37. The van der Waals surface area contributed by atoms with Gasteiger partial charge in [0.25, 0.3) is 0 Å². The first kappa shape index (κ1) is 20.8. The number of amides is 2. The molecule has 0 aromatic heterocycles. The molecule has 144 valence electrons. The summed E-state index contributed by atoms with van der Waals surface area (Å²) in [6, 6.07) is 3.86. The van der Waals surface area contributed by atoms with E-state index in [9.17, 15) is 14.0 Å². The van der Waals surface area contributed by atoms with E-state index in [0.717, 1.165) is 44.3 Å². The predicted molar refractivity (Wildman–Crippen MR) is 104 cm³/mol. The zero-order chi connectivity index (χ0) is 19.1. The molecule has 1 aromatic rings. The molecule has 2 N–H and O–H groups in total. The maximum absolute atomic E-state index is 13.0. The molecule has 1 aliphatic rings. The summed E-state index contributed by atoms with van der Waals surface area (Å²) in [4.78, 5) is 26.2. The molecule has 2 unspecified atom stereocenters. The fraction of sp³-hybridized carbons (Fsp3) is 0.579. The van der Waals surface area contributed by atoms with Crippen LogP contribution in [-0.2, 0) is 9.59 Å². The Morgan fingerprint density at radius 3 is 2.54 bits per heavy atom. The summed E-state index contributed by atoms with van der Waals surface area (Å²) >= 11 is 3.15. The zero-order valence-corrected chi connectivity index (χ0v) is 16.9. The Kier molecular flexibility index (Phi) is 8.03. The average Bonchev–Trinajstić information content (AvgIpc) is 2.56. The minimum atomic E-state index is -0.754. The fourth-order valence-corrected chi connectivity index (χ4v) is 3.94. The van der Waals surface area contributed by atoms with Gasteiger partial charge in [-0.2, -0.15) is 0 Å². The lowest BCUT2D eigenvalue weighted by molar-refractivity contribution is -0.136. The van der Waals surface area contributed by atoms with Crippen LogP contribution in [0.5, 0.6) is 0 Å². The zero-order valence-electron chi connectivity index (χ0n) is 15.4. The van der Waals surface area contributed by atoms with E-state index < -0.39 is 17.6 Å². The van der Waals surface area contributed by atoms with Gasteiger partial charge >= 0.3 is 11.8 Å². The Bertz CT molecular complexity index is 631. The van der Waals surface area contributed by atoms with E-state index >= 15 is 0 Å². The number of rotatable bonds is 6. The molecule has 1 saturated heterocycles. The maximum Gasteiger partial charge on any atom is 0.313 e. The monoisotopic (exact) mass is 427 g/mol. The maximum atomic E-state index is 13.0. The molecule has 2 rings (SSSR count). The molecule has 2 atom stereocenters. The molecule has 1 aromatic carbocycles. The lowest BCUT2D eigenvalue weighted by Crippen LogP contribution is -2.39. The van der Waals surface area contributed by atoms with Gasteiger partial charge in [-0.25, -0.2) is 4.39 Å². The van der Waals surface area contributed by atoms with Crippen LogP contribution in [0.2, 0.25) is 0 Å². The van der Waals surface area contributed by atoms with Crippen LogP contribution in [-0.4, -0.2) is 42.9 Å². The number of piperidine rings is 1. The molecular formula is C19H27BrFN3O2. The number of hydrogen-bond acceptors (Lipinski definition) is 3. The molecule has 7 heteroatoms. The second-order valence-electron chi connectivity index (χ2n) is 7.25. The second-order valence-corrected chi connectivity index (χ2v) is 8.10. The summed E-state index contributed by atoms with van der Waals surface area (Å²) in [5, 5.41) is 5.10. The molecule has 1 fully saturated rings. The second kappa shape index (κ2) is 10.0. The largest absolute Gasteiger partial charge is 0.348 e. The molecule has 1 heterocycles. The van der Waals surface area contributed by atoms with E-state index in [-0.39, 0.29) is 0 Å². The first-order valence-corrected chi connectivity index (χ1v) is 9.91. The first-order valence-electron chi connectivity index (χ1n) is 9.11. The van der Waals surface area contributed by atoms with Gasteiger partial charge in [-0.15, -0.1) is 0 Å². The smallest absolute Gasteiger partial charge is 0.313 e. The van der Waals surface area contributed by atoms with Crippen molar-refractivity contribution < 1.29 is 14.0 Å². The van der Waals surface area contributed by atoms with Crippen molar-refractivity contribution in [2.45, 2.75) is 33.1 Å². The average molecular weight is 428 g/mol. The van der Waals surface area contributed by atoms with Crippen molar-refractivity contribution >= 4 is 33.4 Å². The van der Waals surface area contributed by atoms with Crippen LogP contribution in [0.1, 0.15) is 33.1 Å². The summed E-state index contributed by atoms with van der Waals surface area (Å²) in [5.74, 6) is -0.366. The van der Waals surface area contributed by atoms with Crippen LogP contribution in [0.3, 0.4) is 0 Å². The lowest BCUT2D eigenvalue weighted by atomic mass is 9.92. The number of unbranched alkanes of at least 4 members (excludes halogenated alkanes) is 1. The van der Waals surface area contributed by atoms with E-state index in [1.165, 1.54) is 24.6 Å². The number of nitrogens with one attached hydrogen (secondary N) is 2. The van der Waals surface area contributed by atoms with Crippen LogP contribution in [0.4, 0.5) is 10.1 Å². The van der Waals surface area contributed by atoms with Gasteiger partial charge in [-0.05, 0) is 71.8 Å². The van der Waals surface area contributed by atoms with Crippen molar-refractivity contribution in [2.24, 2.45) is 11.8 Å². The van der Waals surface area contributed by atoms with Gasteiger partial charge in [0.2, 0.25) is 0 Å². The van der Waals surface area contributed by atoms with E-state index in [0.29, 0.717) is 16.7 Å². The summed E-state index contributed by atoms with van der Waals surface area (Å²) < 4.78 is 13.4. The Labute approximate surface area is 162 Å². The van der Waals surface area contributed by atoms with Gasteiger partial charge in [0.1, 0.15) is 5.82 Å². The van der Waals surface area contributed by atoms with Crippen molar-refractivity contribution in [3.63, 3.8) is 0 Å². The minimum absolute atomic E-state index is 0.361. The number of nitrogens with zero attached hydrogens (tertiary/aromatic N) is 1. The normalized spacial score (nSPS) is 20.6. The highest BCUT2D eigenvalue weighted by Crippen LogP contribution is 2.23. The molecule has 0 spiro atoms. The molecular weight excluding hydrogens is 401 g/mol. The van der Waals surface area contributed by atoms with E-state index in [4.69, 9.17) is 0 Å². The van der Waals surface area contributed by atoms with Crippen LogP contribution >= 0.6 is 15.9 Å². The van der Waals surface area contributed by atoms with Crippen molar-refractivity contribution in [2.75, 3.05) is 31.5 Å². The summed E-state index contributed by atoms with van der Waals surface area (Å²) in [5.41, 5.74) is 0.361. The van der Waals surface area contributed by atoms with Crippen LogP contribution in [0, 0.1) is 17.7 Å². The molecule has 0 aliphatic carbocycles. The summed E-state index contributed by atoms with van der Waals surface area (Å²) in [7, 11) is 0. The van der Waals surface area contributed by atoms with Crippen molar-refractivity contribution in [1.29, 1.82) is 0 Å². The molecule has 0 saturated carbocycles. The fourth-order valence-electron chi connectivity index (χ4n) is 3.49. The number of halogens is 2. The Morgan fingerprint density at radius 1 is 1.19 bits per heavy atom. The van der Waals surface area contributed by atoms with E-state index in [2.05, 4.69) is 45.3 Å². The Morgan fingerprint density at radius 2 is 1.88 bits per heavy atom. The summed E-state index contributed by atoms with van der Waals surface area (Å²) in [6.07, 6.45) is 3.12. The van der Waals surface area contributed by atoms with Gasteiger partial charge < -0.3 is 15.5 Å². The van der Waals surface area contributed by atoms with Gasteiger partial charge in [-0.3, -0.25) is 9.59 Å². The third-order valence-corrected chi connectivity index (χ3v) is 5.17. The third kappa shape index (κ3) is 6.68. The molecule has 2 amide bonds. The topological polar surface area (TPSA) is 61.4 Å². The van der Waals surface area contributed by atoms with Crippen molar-refractivity contribution in [3.05, 3.63) is 28.5 Å². The van der Waals surface area contributed by atoms with Gasteiger partial charge in [0.15, 0.2) is 0 Å². The predicted octanol–water partition coefficient (Wildman–Crippen LogP) is 3.40. The van der Waals surface area contributed by atoms with Gasteiger partial charge in [-0.1, -0.05) is 13.8 Å². The van der Waals surface area contributed by atoms with Gasteiger partial charge in [0.05, 0.1) is 5.69 Å². The lowest BCUT2D eigenvalue weighted by Gasteiger charge is -2.34. The molecule has 1 aliphatic heterocycles. The minimum Gasteiger partial charge on any atom is -0.348 e. The third-order valence-electron chi connectivity index (χ3n) is 4.52. The number of hydrogen-bond donors (Lipinski definition) is 2. The van der Waals surface area contributed by atoms with Gasteiger partial charge in [0, 0.05) is 24.1 Å². The van der Waals surface area contributed by atoms with Crippen molar-refractivity contribution in [3.8, 4) is 0 Å². The Balaban J connectivity index is 1.64. The SMILES string of the molecule is CC1CC(C)CN(CCCCNC(=O)C(=O)Nc2ccc(F)cc2Br)C1.